The molecule has 0 aromatic rings. The minimum atomic E-state index is -0.0801. The lowest BCUT2D eigenvalue weighted by Gasteiger charge is -2.64. The Morgan fingerprint density at radius 3 is 2.38 bits per heavy atom. The monoisotopic (exact) mass is 290 g/mol. The Hall–Kier alpha value is -0.0400. The first-order valence-corrected chi connectivity index (χ1v) is 9.48. The Balaban J connectivity index is 1.72. The van der Waals surface area contributed by atoms with E-state index in [0.29, 0.717) is 10.8 Å². The van der Waals surface area contributed by atoms with Gasteiger partial charge in [-0.2, -0.15) is 0 Å². The van der Waals surface area contributed by atoms with E-state index in [4.69, 9.17) is 0 Å². The molecular weight excluding hydrogens is 256 g/mol. The molecule has 4 aliphatic rings. The summed E-state index contributed by atoms with van der Waals surface area (Å²) in [4.78, 5) is 0. The fourth-order valence-corrected chi connectivity index (χ4v) is 8.01. The zero-order valence-electron chi connectivity index (χ0n) is 14.5. The van der Waals surface area contributed by atoms with Crippen molar-refractivity contribution in [2.45, 2.75) is 85.2 Å². The molecule has 4 aliphatic carbocycles. The number of fused-ring (bicyclic) bond motifs is 3. The molecule has 4 fully saturated rings. The Labute approximate surface area is 130 Å². The third kappa shape index (κ3) is 1.73. The summed E-state index contributed by atoms with van der Waals surface area (Å²) in [5.41, 5.74) is 1.30. The molecular formula is C20H34O. The van der Waals surface area contributed by atoms with Crippen LogP contribution in [-0.4, -0.2) is 11.2 Å². The van der Waals surface area contributed by atoms with E-state index in [9.17, 15) is 5.11 Å². The maximum atomic E-state index is 10.6. The fourth-order valence-electron chi connectivity index (χ4n) is 8.01. The average Bonchev–Trinajstić information content (AvgIpc) is 2.65. The molecule has 120 valence electrons. The molecule has 21 heavy (non-hydrogen) atoms. The molecule has 0 aromatic carbocycles. The van der Waals surface area contributed by atoms with E-state index in [-0.39, 0.29) is 11.5 Å². The van der Waals surface area contributed by atoms with Crippen LogP contribution in [0.5, 0.6) is 0 Å². The molecule has 0 aromatic heterocycles. The van der Waals surface area contributed by atoms with Crippen LogP contribution in [0.25, 0.3) is 0 Å². The van der Waals surface area contributed by atoms with E-state index in [1.165, 1.54) is 44.9 Å². The van der Waals surface area contributed by atoms with Crippen molar-refractivity contribution in [1.29, 1.82) is 0 Å². The van der Waals surface area contributed by atoms with Gasteiger partial charge in [-0.1, -0.05) is 27.7 Å². The number of hydrogen-bond donors (Lipinski definition) is 1. The maximum absolute atomic E-state index is 10.6. The van der Waals surface area contributed by atoms with Crippen LogP contribution in [0.2, 0.25) is 0 Å². The number of aliphatic hydroxyl groups is 1. The summed E-state index contributed by atoms with van der Waals surface area (Å²) in [7, 11) is 0. The summed E-state index contributed by atoms with van der Waals surface area (Å²) in [5, 5.41) is 10.6. The summed E-state index contributed by atoms with van der Waals surface area (Å²) in [5.74, 6) is 3.68. The highest BCUT2D eigenvalue weighted by atomic mass is 16.3. The van der Waals surface area contributed by atoms with Gasteiger partial charge in [0.2, 0.25) is 0 Å². The molecule has 7 atom stereocenters. The first-order chi connectivity index (χ1) is 9.80. The van der Waals surface area contributed by atoms with Crippen LogP contribution in [0.15, 0.2) is 0 Å². The number of rotatable bonds is 0. The van der Waals surface area contributed by atoms with Crippen LogP contribution in [-0.2, 0) is 0 Å². The second-order valence-electron chi connectivity index (χ2n) is 10.1. The summed E-state index contributed by atoms with van der Waals surface area (Å²) in [6.07, 6.45) is 11.1. The maximum Gasteiger partial charge on any atom is 0.0594 e. The Morgan fingerprint density at radius 1 is 0.857 bits per heavy atom. The summed E-state index contributed by atoms with van der Waals surface area (Å²) in [6, 6.07) is 0. The van der Waals surface area contributed by atoms with E-state index in [2.05, 4.69) is 27.7 Å². The SMILES string of the molecule is C[C@@H]1C[C@]23CC[C@H]4C(C)(C)C(O)CC[C@]4(C)[C@H]2CC[C@@H]1C3. The third-order valence-electron chi connectivity index (χ3n) is 9.00. The molecule has 4 rings (SSSR count). The topological polar surface area (TPSA) is 20.2 Å². The molecule has 2 bridgehead atoms. The van der Waals surface area contributed by atoms with Gasteiger partial charge in [-0.15, -0.1) is 0 Å². The molecule has 1 spiro atoms. The molecule has 1 N–H and O–H groups in total. The molecule has 0 saturated heterocycles. The predicted octanol–water partition coefficient (Wildman–Crippen LogP) is 5.03. The van der Waals surface area contributed by atoms with Crippen LogP contribution in [0.4, 0.5) is 0 Å². The average molecular weight is 290 g/mol. The summed E-state index contributed by atoms with van der Waals surface area (Å²) in [6.45, 7) is 9.83. The van der Waals surface area contributed by atoms with Gasteiger partial charge in [-0.05, 0) is 91.3 Å². The predicted molar refractivity (Wildman–Crippen MR) is 86.9 cm³/mol. The van der Waals surface area contributed by atoms with Crippen molar-refractivity contribution in [3.63, 3.8) is 0 Å². The van der Waals surface area contributed by atoms with Gasteiger partial charge >= 0.3 is 0 Å². The fraction of sp³-hybridized carbons (Fsp3) is 1.00. The first kappa shape index (κ1) is 14.5. The molecule has 0 radical (unpaired) electrons. The van der Waals surface area contributed by atoms with Crippen molar-refractivity contribution in [3.05, 3.63) is 0 Å². The molecule has 0 heterocycles. The molecule has 1 heteroatoms. The highest BCUT2D eigenvalue weighted by Crippen LogP contribution is 2.72. The standard InChI is InChI=1S/C20H34O/c1-13-11-20-10-7-15-18(2,3)17(21)8-9-19(15,4)16(20)6-5-14(13)12-20/h13-17,21H,5-12H2,1-4H3/t13-,14-,15+,16-,17?,19+,20+/m1/s1. The quantitative estimate of drug-likeness (QED) is 0.663. The van der Waals surface area contributed by atoms with Gasteiger partial charge in [0.25, 0.3) is 0 Å². The first-order valence-electron chi connectivity index (χ1n) is 9.48. The van der Waals surface area contributed by atoms with Crippen molar-refractivity contribution in [1.82, 2.24) is 0 Å². The second-order valence-corrected chi connectivity index (χ2v) is 10.1. The van der Waals surface area contributed by atoms with Crippen molar-refractivity contribution >= 4 is 0 Å². The minimum Gasteiger partial charge on any atom is -0.393 e. The zero-order chi connectivity index (χ0) is 15.0. The molecule has 4 saturated carbocycles. The van der Waals surface area contributed by atoms with Gasteiger partial charge in [-0.25, -0.2) is 0 Å². The van der Waals surface area contributed by atoms with Gasteiger partial charge in [-0.3, -0.25) is 0 Å². The molecule has 0 aliphatic heterocycles. The van der Waals surface area contributed by atoms with E-state index < -0.39 is 0 Å². The van der Waals surface area contributed by atoms with Crippen molar-refractivity contribution in [2.75, 3.05) is 0 Å². The van der Waals surface area contributed by atoms with Crippen LogP contribution in [0, 0.1) is 39.9 Å². The molecule has 0 amide bonds. The highest BCUT2D eigenvalue weighted by molar-refractivity contribution is 5.13. The molecule has 1 nitrogen and oxygen atoms in total. The lowest BCUT2D eigenvalue weighted by molar-refractivity contribution is -0.180. The zero-order valence-corrected chi connectivity index (χ0v) is 14.5. The van der Waals surface area contributed by atoms with E-state index in [0.717, 1.165) is 30.1 Å². The van der Waals surface area contributed by atoms with Crippen LogP contribution >= 0.6 is 0 Å². The normalized spacial score (nSPS) is 58.4. The van der Waals surface area contributed by atoms with E-state index in [1.807, 2.05) is 0 Å². The lowest BCUT2D eigenvalue weighted by Crippen LogP contribution is -2.59. The van der Waals surface area contributed by atoms with Gasteiger partial charge < -0.3 is 5.11 Å². The second kappa shape index (κ2) is 4.28. The van der Waals surface area contributed by atoms with Crippen LogP contribution in [0.1, 0.15) is 79.1 Å². The number of aliphatic hydroxyl groups excluding tert-OH is 1. The smallest absolute Gasteiger partial charge is 0.0594 e. The van der Waals surface area contributed by atoms with Crippen molar-refractivity contribution < 1.29 is 5.11 Å². The van der Waals surface area contributed by atoms with Crippen LogP contribution in [0.3, 0.4) is 0 Å². The lowest BCUT2D eigenvalue weighted by atomic mass is 9.41. The molecule has 1 unspecified atom stereocenters. The number of hydrogen-bond acceptors (Lipinski definition) is 1. The van der Waals surface area contributed by atoms with Crippen molar-refractivity contribution in [3.8, 4) is 0 Å². The van der Waals surface area contributed by atoms with Gasteiger partial charge in [0, 0.05) is 0 Å². The Bertz CT molecular complexity index is 437. The largest absolute Gasteiger partial charge is 0.393 e. The Morgan fingerprint density at radius 2 is 1.62 bits per heavy atom. The van der Waals surface area contributed by atoms with E-state index in [1.54, 1.807) is 0 Å². The minimum absolute atomic E-state index is 0.0801. The van der Waals surface area contributed by atoms with Gasteiger partial charge in [0.15, 0.2) is 0 Å². The van der Waals surface area contributed by atoms with Crippen molar-refractivity contribution in [2.24, 2.45) is 39.9 Å². The Kier molecular flexibility index (Phi) is 2.96. The highest BCUT2D eigenvalue weighted by Gasteiger charge is 2.64. The van der Waals surface area contributed by atoms with Crippen LogP contribution < -0.4 is 0 Å². The summed E-state index contributed by atoms with van der Waals surface area (Å²) >= 11 is 0. The summed E-state index contributed by atoms with van der Waals surface area (Å²) < 4.78 is 0. The van der Waals surface area contributed by atoms with Gasteiger partial charge in [0.1, 0.15) is 0 Å². The van der Waals surface area contributed by atoms with Gasteiger partial charge in [0.05, 0.1) is 6.10 Å². The third-order valence-corrected chi connectivity index (χ3v) is 9.00. The van der Waals surface area contributed by atoms with E-state index >= 15 is 0 Å².